The number of aromatic nitrogens is 3. The summed E-state index contributed by atoms with van der Waals surface area (Å²) in [6.07, 6.45) is 3.64. The minimum atomic E-state index is -0.304. The lowest BCUT2D eigenvalue weighted by Gasteiger charge is -2.08. The van der Waals surface area contributed by atoms with E-state index in [1.807, 2.05) is 47.9 Å². The maximum Gasteiger partial charge on any atom is 0.325 e. The number of imidazole rings is 1. The summed E-state index contributed by atoms with van der Waals surface area (Å²) in [7, 11) is 0. The molecule has 0 atom stereocenters. The Kier molecular flexibility index (Phi) is 4.23. The second-order valence-electron chi connectivity index (χ2n) is 5.07. The fourth-order valence-electron chi connectivity index (χ4n) is 2.42. The van der Waals surface area contributed by atoms with E-state index in [0.717, 1.165) is 22.7 Å². The summed E-state index contributed by atoms with van der Waals surface area (Å²) in [6.45, 7) is 4.23. The molecule has 0 spiro atoms. The molecule has 0 aliphatic carbocycles. The van der Waals surface area contributed by atoms with Gasteiger partial charge in [-0.05, 0) is 37.6 Å². The van der Waals surface area contributed by atoms with Gasteiger partial charge in [0.1, 0.15) is 23.7 Å². The van der Waals surface area contributed by atoms with Crippen molar-refractivity contribution in [3.05, 3.63) is 48.3 Å². The van der Waals surface area contributed by atoms with Gasteiger partial charge in [-0.1, -0.05) is 12.1 Å². The average Bonchev–Trinajstić information content (AvgIpc) is 2.94. The topological polar surface area (TPSA) is 68.5 Å². The smallest absolute Gasteiger partial charge is 0.325 e. The Morgan fingerprint density at radius 2 is 2.17 bits per heavy atom. The number of aryl methyl sites for hydroxylation is 1. The van der Waals surface area contributed by atoms with Gasteiger partial charge in [0.15, 0.2) is 0 Å². The average molecular weight is 310 g/mol. The molecule has 3 heterocycles. The lowest BCUT2D eigenvalue weighted by Crippen LogP contribution is -2.18. The Bertz CT molecular complexity index is 827. The van der Waals surface area contributed by atoms with Crippen molar-refractivity contribution in [2.75, 3.05) is 18.5 Å². The van der Waals surface area contributed by atoms with E-state index in [1.165, 1.54) is 0 Å². The van der Waals surface area contributed by atoms with Gasteiger partial charge >= 0.3 is 5.97 Å². The number of nitrogens with zero attached hydrogens (tertiary/aromatic N) is 3. The minimum absolute atomic E-state index is 0.0788. The molecule has 23 heavy (non-hydrogen) atoms. The van der Waals surface area contributed by atoms with Crippen LogP contribution in [0.3, 0.4) is 0 Å². The van der Waals surface area contributed by atoms with Gasteiger partial charge in [0.05, 0.1) is 12.3 Å². The normalized spacial score (nSPS) is 10.7. The van der Waals surface area contributed by atoms with E-state index in [-0.39, 0.29) is 12.5 Å². The van der Waals surface area contributed by atoms with E-state index in [4.69, 9.17) is 9.72 Å². The minimum Gasteiger partial charge on any atom is -0.465 e. The highest BCUT2D eigenvalue weighted by Crippen LogP contribution is 2.28. The zero-order valence-corrected chi connectivity index (χ0v) is 13.1. The number of pyridine rings is 2. The van der Waals surface area contributed by atoms with Crippen LogP contribution >= 0.6 is 0 Å². The predicted molar refractivity (Wildman–Crippen MR) is 88.3 cm³/mol. The zero-order chi connectivity index (χ0) is 16.2. The number of anilines is 1. The van der Waals surface area contributed by atoms with Crippen molar-refractivity contribution in [1.29, 1.82) is 0 Å². The number of ether oxygens (including phenoxy) is 1. The van der Waals surface area contributed by atoms with Crippen LogP contribution in [0.5, 0.6) is 0 Å². The summed E-state index contributed by atoms with van der Waals surface area (Å²) in [5.41, 5.74) is 3.35. The number of fused-ring (bicyclic) bond motifs is 1. The molecule has 6 heteroatoms. The maximum absolute atomic E-state index is 11.7. The zero-order valence-electron chi connectivity index (χ0n) is 13.1. The van der Waals surface area contributed by atoms with Crippen LogP contribution in [0.25, 0.3) is 17.0 Å². The first kappa shape index (κ1) is 15.0. The molecule has 0 aliphatic rings. The van der Waals surface area contributed by atoms with Crippen LogP contribution in [0.1, 0.15) is 12.5 Å². The first-order valence-corrected chi connectivity index (χ1v) is 7.49. The van der Waals surface area contributed by atoms with Gasteiger partial charge in [0, 0.05) is 12.4 Å². The second-order valence-corrected chi connectivity index (χ2v) is 5.07. The number of hydrogen-bond donors (Lipinski definition) is 1. The summed E-state index contributed by atoms with van der Waals surface area (Å²) >= 11 is 0. The van der Waals surface area contributed by atoms with Crippen LogP contribution in [-0.2, 0) is 9.53 Å². The molecular weight excluding hydrogens is 292 g/mol. The fourth-order valence-corrected chi connectivity index (χ4v) is 2.42. The molecule has 1 N–H and O–H groups in total. The predicted octanol–water partition coefficient (Wildman–Crippen LogP) is 2.68. The molecule has 118 valence electrons. The summed E-state index contributed by atoms with van der Waals surface area (Å²) < 4.78 is 6.90. The molecule has 0 fully saturated rings. The van der Waals surface area contributed by atoms with Crippen LogP contribution < -0.4 is 5.32 Å². The lowest BCUT2D eigenvalue weighted by molar-refractivity contribution is -0.140. The van der Waals surface area contributed by atoms with Gasteiger partial charge in [0.2, 0.25) is 0 Å². The number of esters is 1. The van der Waals surface area contributed by atoms with Crippen molar-refractivity contribution in [3.63, 3.8) is 0 Å². The molecule has 0 aromatic carbocycles. The first-order chi connectivity index (χ1) is 11.2. The summed E-state index contributed by atoms with van der Waals surface area (Å²) in [5.74, 6) is 0.428. The molecule has 0 unspecified atom stereocenters. The monoisotopic (exact) mass is 310 g/mol. The maximum atomic E-state index is 11.7. The van der Waals surface area contributed by atoms with Crippen molar-refractivity contribution in [2.45, 2.75) is 13.8 Å². The van der Waals surface area contributed by atoms with Crippen LogP contribution in [0.4, 0.5) is 5.82 Å². The van der Waals surface area contributed by atoms with Crippen molar-refractivity contribution < 1.29 is 9.53 Å². The Labute approximate surface area is 134 Å². The molecule has 3 aromatic heterocycles. The Morgan fingerprint density at radius 1 is 1.30 bits per heavy atom. The van der Waals surface area contributed by atoms with Gasteiger partial charge in [-0.25, -0.2) is 4.98 Å². The van der Waals surface area contributed by atoms with E-state index in [0.29, 0.717) is 12.3 Å². The van der Waals surface area contributed by atoms with E-state index in [9.17, 15) is 4.79 Å². The molecule has 0 saturated carbocycles. The van der Waals surface area contributed by atoms with Gasteiger partial charge < -0.3 is 10.1 Å². The van der Waals surface area contributed by atoms with Gasteiger partial charge in [-0.2, -0.15) is 0 Å². The van der Waals surface area contributed by atoms with Crippen molar-refractivity contribution in [3.8, 4) is 11.4 Å². The molecule has 0 saturated heterocycles. The molecular formula is C17H18N4O2. The number of nitrogens with one attached hydrogen (secondary N) is 1. The van der Waals surface area contributed by atoms with Crippen molar-refractivity contribution >= 4 is 17.4 Å². The van der Waals surface area contributed by atoms with E-state index >= 15 is 0 Å². The van der Waals surface area contributed by atoms with Gasteiger partial charge in [0.25, 0.3) is 0 Å². The molecule has 6 nitrogen and oxygen atoms in total. The molecule has 0 bridgehead atoms. The number of hydrogen-bond acceptors (Lipinski definition) is 5. The third kappa shape index (κ3) is 3.01. The van der Waals surface area contributed by atoms with Crippen LogP contribution in [-0.4, -0.2) is 33.5 Å². The standard InChI is InChI=1S/C17H18N4O2/c1-3-23-14(22)11-19-17-15(13-8-4-5-9-18-13)20-16-12(2)7-6-10-21(16)17/h4-10,19H,3,11H2,1-2H3. The third-order valence-electron chi connectivity index (χ3n) is 3.46. The van der Waals surface area contributed by atoms with Gasteiger partial charge in [-0.3, -0.25) is 14.2 Å². The number of carbonyl (C=O) groups is 1. The summed E-state index contributed by atoms with van der Waals surface area (Å²) in [6, 6.07) is 9.61. The highest BCUT2D eigenvalue weighted by atomic mass is 16.5. The quantitative estimate of drug-likeness (QED) is 0.734. The molecule has 3 aromatic rings. The summed E-state index contributed by atoms with van der Waals surface area (Å²) in [4.78, 5) is 20.7. The highest BCUT2D eigenvalue weighted by molar-refractivity contribution is 5.80. The first-order valence-electron chi connectivity index (χ1n) is 7.49. The molecule has 3 rings (SSSR count). The molecule has 0 amide bonds. The summed E-state index contributed by atoms with van der Waals surface area (Å²) in [5, 5.41) is 3.13. The number of rotatable bonds is 5. The van der Waals surface area contributed by atoms with E-state index in [2.05, 4.69) is 10.3 Å². The van der Waals surface area contributed by atoms with Gasteiger partial charge in [-0.15, -0.1) is 0 Å². The Hall–Kier alpha value is -2.89. The Balaban J connectivity index is 2.06. The largest absolute Gasteiger partial charge is 0.465 e. The Morgan fingerprint density at radius 3 is 2.91 bits per heavy atom. The highest BCUT2D eigenvalue weighted by Gasteiger charge is 2.16. The van der Waals surface area contributed by atoms with Crippen molar-refractivity contribution in [1.82, 2.24) is 14.4 Å². The third-order valence-corrected chi connectivity index (χ3v) is 3.46. The molecule has 0 radical (unpaired) electrons. The van der Waals surface area contributed by atoms with Crippen LogP contribution in [0.15, 0.2) is 42.7 Å². The SMILES string of the molecule is CCOC(=O)CNc1c(-c2ccccn2)nc2c(C)cccn12. The lowest BCUT2D eigenvalue weighted by atomic mass is 10.2. The van der Waals surface area contributed by atoms with Crippen molar-refractivity contribution in [2.24, 2.45) is 0 Å². The van der Waals surface area contributed by atoms with E-state index < -0.39 is 0 Å². The number of carbonyl (C=O) groups excluding carboxylic acids is 1. The van der Waals surface area contributed by atoms with E-state index in [1.54, 1.807) is 13.1 Å². The van der Waals surface area contributed by atoms with Crippen LogP contribution in [0.2, 0.25) is 0 Å². The fraction of sp³-hybridized carbons (Fsp3) is 0.235. The second kappa shape index (κ2) is 6.48. The van der Waals surface area contributed by atoms with Crippen LogP contribution in [0, 0.1) is 6.92 Å². The molecule has 0 aliphatic heterocycles.